The number of carbonyl (C=O) groups is 1. The molecular weight excluding hydrogens is 286 g/mol. The summed E-state index contributed by atoms with van der Waals surface area (Å²) in [6.45, 7) is 6.78. The van der Waals surface area contributed by atoms with Crippen LogP contribution in [-0.2, 0) is 4.74 Å². The standard InChI is InChI=1S/C17H19NO2.ClH/c1-11-8-9-14(13-7-5-4-6-12(11)13)15-17(2,3)10-20-16(19)18-15;/h4-9,15H,10H2,1-3H3,(H,18,19);1H/t15-;/m0./s1. The molecule has 1 aliphatic rings. The van der Waals surface area contributed by atoms with E-state index in [1.54, 1.807) is 0 Å². The Morgan fingerprint density at radius 3 is 2.52 bits per heavy atom. The number of halogens is 1. The molecule has 1 fully saturated rings. The maximum atomic E-state index is 11.6. The first-order valence-electron chi connectivity index (χ1n) is 6.90. The monoisotopic (exact) mass is 305 g/mol. The summed E-state index contributed by atoms with van der Waals surface area (Å²) in [7, 11) is 0. The number of aryl methyl sites for hydroxylation is 1. The van der Waals surface area contributed by atoms with Gasteiger partial charge in [-0.15, -0.1) is 12.4 Å². The lowest BCUT2D eigenvalue weighted by atomic mass is 9.78. The van der Waals surface area contributed by atoms with Crippen LogP contribution in [0.5, 0.6) is 0 Å². The smallest absolute Gasteiger partial charge is 0.407 e. The third kappa shape index (κ3) is 2.70. The van der Waals surface area contributed by atoms with Gasteiger partial charge >= 0.3 is 6.09 Å². The van der Waals surface area contributed by atoms with Gasteiger partial charge in [0.2, 0.25) is 0 Å². The topological polar surface area (TPSA) is 38.3 Å². The predicted octanol–water partition coefficient (Wildman–Crippen LogP) is 4.38. The lowest BCUT2D eigenvalue weighted by Gasteiger charge is -2.39. The first-order chi connectivity index (χ1) is 9.49. The Hall–Kier alpha value is -1.74. The van der Waals surface area contributed by atoms with Crippen molar-refractivity contribution in [3.8, 4) is 0 Å². The van der Waals surface area contributed by atoms with Crippen molar-refractivity contribution in [3.05, 3.63) is 47.5 Å². The third-order valence-electron chi connectivity index (χ3n) is 4.11. The second-order valence-electron chi connectivity index (χ2n) is 6.16. The summed E-state index contributed by atoms with van der Waals surface area (Å²) in [5, 5.41) is 5.41. The molecule has 2 aromatic carbocycles. The third-order valence-corrected chi connectivity index (χ3v) is 4.11. The minimum atomic E-state index is -0.334. The molecule has 0 saturated carbocycles. The Kier molecular flexibility index (Phi) is 4.15. The van der Waals surface area contributed by atoms with Crippen LogP contribution < -0.4 is 5.32 Å². The highest BCUT2D eigenvalue weighted by Gasteiger charge is 2.38. The van der Waals surface area contributed by atoms with Crippen LogP contribution in [0.4, 0.5) is 4.79 Å². The molecule has 2 aromatic rings. The Morgan fingerprint density at radius 1 is 1.14 bits per heavy atom. The first kappa shape index (κ1) is 15.6. The summed E-state index contributed by atoms with van der Waals surface area (Å²) in [6, 6.07) is 12.5. The van der Waals surface area contributed by atoms with Crippen LogP contribution in [0.15, 0.2) is 36.4 Å². The van der Waals surface area contributed by atoms with Crippen LogP contribution >= 0.6 is 12.4 Å². The number of rotatable bonds is 1. The van der Waals surface area contributed by atoms with E-state index in [0.29, 0.717) is 6.61 Å². The fraction of sp³-hybridized carbons (Fsp3) is 0.353. The molecule has 0 aromatic heterocycles. The van der Waals surface area contributed by atoms with Crippen molar-refractivity contribution in [2.24, 2.45) is 5.41 Å². The molecule has 1 atom stereocenters. The Bertz CT molecular complexity index is 682. The summed E-state index contributed by atoms with van der Waals surface area (Å²) < 4.78 is 5.13. The van der Waals surface area contributed by atoms with Gasteiger partial charge in [0.25, 0.3) is 0 Å². The highest BCUT2D eigenvalue weighted by molar-refractivity contribution is 5.89. The molecule has 0 aliphatic carbocycles. The van der Waals surface area contributed by atoms with Gasteiger partial charge in [0.05, 0.1) is 6.04 Å². The lowest BCUT2D eigenvalue weighted by Crippen LogP contribution is -2.47. The second kappa shape index (κ2) is 5.57. The molecular formula is C17H20ClNO2. The van der Waals surface area contributed by atoms with Gasteiger partial charge in [0, 0.05) is 5.41 Å². The lowest BCUT2D eigenvalue weighted by molar-refractivity contribution is 0.0391. The number of carbonyl (C=O) groups excluding carboxylic acids is 1. The maximum absolute atomic E-state index is 11.6. The van der Waals surface area contributed by atoms with E-state index in [1.165, 1.54) is 16.3 Å². The predicted molar refractivity (Wildman–Crippen MR) is 86.9 cm³/mol. The van der Waals surface area contributed by atoms with Crippen LogP contribution in [0.25, 0.3) is 10.8 Å². The fourth-order valence-electron chi connectivity index (χ4n) is 2.91. The highest BCUT2D eigenvalue weighted by Crippen LogP contribution is 2.39. The van der Waals surface area contributed by atoms with Gasteiger partial charge in [-0.2, -0.15) is 0 Å². The second-order valence-corrected chi connectivity index (χ2v) is 6.16. The van der Waals surface area contributed by atoms with Crippen molar-refractivity contribution in [3.63, 3.8) is 0 Å². The number of amides is 1. The van der Waals surface area contributed by atoms with Crippen molar-refractivity contribution in [2.45, 2.75) is 26.8 Å². The Labute approximate surface area is 131 Å². The quantitative estimate of drug-likeness (QED) is 0.849. The largest absolute Gasteiger partial charge is 0.449 e. The zero-order valence-electron chi connectivity index (χ0n) is 12.5. The van der Waals surface area contributed by atoms with Crippen LogP contribution in [-0.4, -0.2) is 12.7 Å². The Balaban J connectivity index is 0.00000161. The molecule has 0 spiro atoms. The van der Waals surface area contributed by atoms with Crippen molar-refractivity contribution in [1.29, 1.82) is 0 Å². The van der Waals surface area contributed by atoms with E-state index in [2.05, 4.69) is 50.4 Å². The molecule has 1 heterocycles. The minimum absolute atomic E-state index is 0. The van der Waals surface area contributed by atoms with Gasteiger partial charge in [-0.05, 0) is 28.8 Å². The minimum Gasteiger partial charge on any atom is -0.449 e. The van der Waals surface area contributed by atoms with E-state index in [4.69, 9.17) is 4.74 Å². The first-order valence-corrected chi connectivity index (χ1v) is 6.90. The van der Waals surface area contributed by atoms with E-state index in [1.807, 2.05) is 12.1 Å². The van der Waals surface area contributed by atoms with Crippen molar-refractivity contribution < 1.29 is 9.53 Å². The zero-order chi connectivity index (χ0) is 14.3. The molecule has 0 bridgehead atoms. The molecule has 1 saturated heterocycles. The number of nitrogens with one attached hydrogen (secondary N) is 1. The number of cyclic esters (lactones) is 1. The summed E-state index contributed by atoms with van der Waals surface area (Å²) in [5.41, 5.74) is 2.28. The van der Waals surface area contributed by atoms with Crippen LogP contribution in [0.2, 0.25) is 0 Å². The van der Waals surface area contributed by atoms with Crippen molar-refractivity contribution >= 4 is 29.3 Å². The summed E-state index contributed by atoms with van der Waals surface area (Å²) in [4.78, 5) is 11.6. The normalized spacial score (nSPS) is 20.3. The molecule has 3 rings (SSSR count). The Morgan fingerprint density at radius 2 is 1.81 bits per heavy atom. The average molecular weight is 306 g/mol. The average Bonchev–Trinajstić information content (AvgIpc) is 2.43. The number of alkyl carbamates (subject to hydrolysis) is 1. The molecule has 4 heteroatoms. The van der Waals surface area contributed by atoms with Crippen molar-refractivity contribution in [1.82, 2.24) is 5.32 Å². The summed E-state index contributed by atoms with van der Waals surface area (Å²) in [5.74, 6) is 0. The summed E-state index contributed by atoms with van der Waals surface area (Å²) >= 11 is 0. The number of fused-ring (bicyclic) bond motifs is 1. The molecule has 0 unspecified atom stereocenters. The molecule has 1 aliphatic heterocycles. The van der Waals surface area contributed by atoms with E-state index in [0.717, 1.165) is 5.56 Å². The number of hydrogen-bond donors (Lipinski definition) is 1. The molecule has 0 radical (unpaired) electrons. The fourth-order valence-corrected chi connectivity index (χ4v) is 2.91. The van der Waals surface area contributed by atoms with Gasteiger partial charge in [-0.3, -0.25) is 0 Å². The van der Waals surface area contributed by atoms with Crippen LogP contribution in [0.3, 0.4) is 0 Å². The van der Waals surface area contributed by atoms with Gasteiger partial charge in [0.1, 0.15) is 6.61 Å². The van der Waals surface area contributed by atoms with Gasteiger partial charge < -0.3 is 10.1 Å². The molecule has 112 valence electrons. The molecule has 1 amide bonds. The van der Waals surface area contributed by atoms with Gasteiger partial charge in [0.15, 0.2) is 0 Å². The van der Waals surface area contributed by atoms with E-state index in [-0.39, 0.29) is 30.0 Å². The zero-order valence-corrected chi connectivity index (χ0v) is 13.3. The van der Waals surface area contributed by atoms with Gasteiger partial charge in [-0.1, -0.05) is 50.2 Å². The highest BCUT2D eigenvalue weighted by atomic mass is 35.5. The number of benzene rings is 2. The maximum Gasteiger partial charge on any atom is 0.407 e. The molecule has 3 nitrogen and oxygen atoms in total. The van der Waals surface area contributed by atoms with E-state index < -0.39 is 0 Å². The number of hydrogen-bond acceptors (Lipinski definition) is 2. The SMILES string of the molecule is Cc1ccc([C@@H]2NC(=O)OCC2(C)C)c2ccccc12.Cl. The van der Waals surface area contributed by atoms with Crippen molar-refractivity contribution in [2.75, 3.05) is 6.61 Å². The molecule has 1 N–H and O–H groups in total. The van der Waals surface area contributed by atoms with Crippen LogP contribution in [0, 0.1) is 12.3 Å². The van der Waals surface area contributed by atoms with Crippen LogP contribution in [0.1, 0.15) is 31.0 Å². The van der Waals surface area contributed by atoms with E-state index >= 15 is 0 Å². The summed E-state index contributed by atoms with van der Waals surface area (Å²) in [6.07, 6.45) is -0.334. The number of ether oxygens (including phenoxy) is 1. The molecule has 21 heavy (non-hydrogen) atoms. The van der Waals surface area contributed by atoms with Gasteiger partial charge in [-0.25, -0.2) is 4.79 Å². The van der Waals surface area contributed by atoms with E-state index in [9.17, 15) is 4.79 Å².